The van der Waals surface area contributed by atoms with Crippen LogP contribution < -0.4 is 16.0 Å². The van der Waals surface area contributed by atoms with Crippen LogP contribution in [0.25, 0.3) is 0 Å². The minimum atomic E-state index is -0.984. The molecule has 0 aliphatic carbocycles. The van der Waals surface area contributed by atoms with Crippen LogP contribution in [0.15, 0.2) is 267 Å². The number of aldehydes is 1. The maximum Gasteiger partial charge on any atom is 0.270 e. The Hall–Kier alpha value is -13.4. The molecule has 37 heteroatoms. The van der Waals surface area contributed by atoms with E-state index in [0.29, 0.717) is 103 Å². The molecule has 3 heterocycles. The second-order valence-corrected chi connectivity index (χ2v) is 36.3. The molecule has 0 spiro atoms. The number of nitrogens with one attached hydrogen (secondary N) is 3. The van der Waals surface area contributed by atoms with Gasteiger partial charge >= 0.3 is 0 Å². The summed E-state index contributed by atoms with van der Waals surface area (Å²) in [6.07, 6.45) is -0.407. The van der Waals surface area contributed by atoms with Crippen molar-refractivity contribution in [3.63, 3.8) is 0 Å². The molecule has 0 aromatic heterocycles. The van der Waals surface area contributed by atoms with Crippen LogP contribution in [0.4, 0.5) is 28.4 Å². The van der Waals surface area contributed by atoms with Gasteiger partial charge in [-0.2, -0.15) is 0 Å². The lowest BCUT2D eigenvalue weighted by atomic mass is 9.95. The lowest BCUT2D eigenvalue weighted by Crippen LogP contribution is -2.45. The number of amides is 5. The molecule has 0 saturated carbocycles. The highest BCUT2D eigenvalue weighted by molar-refractivity contribution is 14.1. The van der Waals surface area contributed by atoms with Crippen LogP contribution in [0, 0.1) is 57.7 Å². The molecule has 0 radical (unpaired) electrons. The first-order valence-corrected chi connectivity index (χ1v) is 51.0. The zero-order valence-electron chi connectivity index (χ0n) is 83.7. The molecule has 3 aliphatic rings. The van der Waals surface area contributed by atoms with E-state index in [1.807, 2.05) is 202 Å². The second-order valence-electron chi connectivity index (χ2n) is 33.5. The van der Waals surface area contributed by atoms with E-state index in [2.05, 4.69) is 75.8 Å². The van der Waals surface area contributed by atoms with Crippen LogP contribution >= 0.6 is 56.8 Å². The average molecular weight is 2250 g/mol. The van der Waals surface area contributed by atoms with Crippen molar-refractivity contribution in [2.45, 2.75) is 101 Å². The Morgan fingerprint density at radius 3 is 0.741 bits per heavy atom. The van der Waals surface area contributed by atoms with Gasteiger partial charge < -0.3 is 45.6 Å². The molecule has 11 aromatic carbocycles. The Morgan fingerprint density at radius 2 is 0.517 bits per heavy atom. The Labute approximate surface area is 891 Å². The number of piperazine rings is 3. The first-order valence-electron chi connectivity index (χ1n) is 48.5. The fourth-order valence-corrected chi connectivity index (χ4v) is 17.5. The van der Waals surface area contributed by atoms with Gasteiger partial charge in [-0.15, -0.1) is 0 Å². The first-order chi connectivity index (χ1) is 70.2. The third kappa shape index (κ3) is 36.0. The maximum atomic E-state index is 12.6. The monoisotopic (exact) mass is 2250 g/mol. The van der Waals surface area contributed by atoms with Gasteiger partial charge in [0.05, 0.1) is 42.7 Å². The summed E-state index contributed by atoms with van der Waals surface area (Å²) < 4.78 is 2.25. The molecule has 3 fully saturated rings. The fourth-order valence-electron chi connectivity index (χ4n) is 16.7. The minimum absolute atomic E-state index is 0. The van der Waals surface area contributed by atoms with Crippen LogP contribution in [-0.4, -0.2) is 254 Å². The number of carbonyl (C=O) groups excluding carboxylic acids is 7. The van der Waals surface area contributed by atoms with Gasteiger partial charge in [0, 0.05) is 251 Å². The summed E-state index contributed by atoms with van der Waals surface area (Å²) in [4.78, 5) is 151. The van der Waals surface area contributed by atoms with Gasteiger partial charge in [-0.05, 0) is 268 Å². The standard InChI is InChI=1S/3C22H28N4O3.C18H20N2O4.C11H14INO.C7H4ClIO.C7H5NO3.CH4/c3*1-3-24(4-2)22(27)18-10-8-17(9-11-18)21(25-14-12-23-13-15-25)19-6-5-7-20(16-19)26(28)29;1-3-19(4-2)18(22)14-10-8-13(9-11-14)17(21)15-6-5-7-16(12-15)20(23)24;1-3-13(4-2)11(14)9-5-7-10(12)8-6-9;8-7(10)5-1-3-6(9)4-2-5;9-5-6-2-1-3-7(4-6)8(10)11;/h3*5-11,16,21,23H,3-4,12-15H2,1-2H3;5-12,17,21H,3-4H2,1-2H3;5-8H,3-4H2,1-2H3;1-4H;1-5H;1H4/t21-;;;;;;;/m0......./s1. The fraction of sp³-hybridized carbons (Fsp3) is 0.336. The summed E-state index contributed by atoms with van der Waals surface area (Å²) in [6.45, 7) is 36.9. The molecule has 5 amide bonds. The van der Waals surface area contributed by atoms with Crippen LogP contribution in [0.5, 0.6) is 0 Å². The summed E-state index contributed by atoms with van der Waals surface area (Å²) in [5.41, 5.74) is 11.1. The van der Waals surface area contributed by atoms with E-state index in [1.165, 1.54) is 60.7 Å². The molecule has 34 nitrogen and oxygen atoms in total. The molecule has 0 bridgehead atoms. The number of rotatable bonds is 33. The Bertz CT molecular complexity index is 5760. The molecule has 147 heavy (non-hydrogen) atoms. The van der Waals surface area contributed by atoms with E-state index >= 15 is 0 Å². The molecule has 3 aliphatic heterocycles. The van der Waals surface area contributed by atoms with Crippen molar-refractivity contribution >= 4 is 126 Å². The second kappa shape index (κ2) is 62.5. The summed E-state index contributed by atoms with van der Waals surface area (Å²) in [5.74, 6) is 0.129. The number of non-ortho nitro benzene ring substituents is 5. The van der Waals surface area contributed by atoms with Crippen molar-refractivity contribution in [3.05, 3.63) is 408 Å². The van der Waals surface area contributed by atoms with Gasteiger partial charge in [0.2, 0.25) is 0 Å². The summed E-state index contributed by atoms with van der Waals surface area (Å²) in [5, 5.41) is 74.9. The van der Waals surface area contributed by atoms with Crippen LogP contribution in [0.1, 0.15) is 218 Å². The molecule has 780 valence electrons. The van der Waals surface area contributed by atoms with Crippen molar-refractivity contribution in [1.82, 2.24) is 55.1 Å². The number of carbonyl (C=O) groups is 7. The number of aliphatic hydroxyl groups is 1. The molecule has 3 unspecified atom stereocenters. The van der Waals surface area contributed by atoms with Crippen molar-refractivity contribution in [2.75, 3.05) is 144 Å². The van der Waals surface area contributed by atoms with E-state index in [9.17, 15) is 89.2 Å². The third-order valence-electron chi connectivity index (χ3n) is 24.7. The lowest BCUT2D eigenvalue weighted by Gasteiger charge is -2.35. The summed E-state index contributed by atoms with van der Waals surface area (Å²) in [7, 11) is 0. The van der Waals surface area contributed by atoms with Gasteiger partial charge in [-0.3, -0.25) is 98.8 Å². The smallest absolute Gasteiger partial charge is 0.270 e. The van der Waals surface area contributed by atoms with Crippen molar-refractivity contribution < 1.29 is 63.3 Å². The van der Waals surface area contributed by atoms with Gasteiger partial charge in [-0.25, -0.2) is 0 Å². The van der Waals surface area contributed by atoms with Gasteiger partial charge in [0.15, 0.2) is 0 Å². The molecular formula is C110H131ClI2N16O18. The Kier molecular flexibility index (Phi) is 51.3. The highest BCUT2D eigenvalue weighted by atomic mass is 127. The number of aliphatic hydroxyl groups excluding tert-OH is 1. The van der Waals surface area contributed by atoms with Gasteiger partial charge in [-0.1, -0.05) is 117 Å². The topological polar surface area (TPSA) is 417 Å². The van der Waals surface area contributed by atoms with Crippen molar-refractivity contribution in [2.24, 2.45) is 0 Å². The number of nitrogens with zero attached hydrogens (tertiary/aromatic N) is 13. The number of hydrogen-bond donors (Lipinski definition) is 4. The molecule has 4 atom stereocenters. The summed E-state index contributed by atoms with van der Waals surface area (Å²) >= 11 is 9.61. The quantitative estimate of drug-likeness (QED) is 0.00975. The van der Waals surface area contributed by atoms with Crippen LogP contribution in [0.3, 0.4) is 0 Å². The molecule has 11 aromatic rings. The number of nitro benzene ring substituents is 5. The maximum absolute atomic E-state index is 12.6. The zero-order valence-corrected chi connectivity index (χ0v) is 88.8. The summed E-state index contributed by atoms with van der Waals surface area (Å²) in [6, 6.07) is 76.2. The van der Waals surface area contributed by atoms with E-state index in [1.54, 1.807) is 98.5 Å². The van der Waals surface area contributed by atoms with Crippen LogP contribution in [-0.2, 0) is 0 Å². The van der Waals surface area contributed by atoms with E-state index in [4.69, 9.17) is 11.6 Å². The molecular weight excluding hydrogens is 2120 g/mol. The van der Waals surface area contributed by atoms with Crippen molar-refractivity contribution in [1.29, 1.82) is 0 Å². The highest BCUT2D eigenvalue weighted by Crippen LogP contribution is 2.36. The Balaban J connectivity index is 0.000000239. The van der Waals surface area contributed by atoms with E-state index in [-0.39, 0.29) is 98.3 Å². The molecule has 4 N–H and O–H groups in total. The van der Waals surface area contributed by atoms with E-state index in [0.717, 1.165) is 138 Å². The molecule has 14 rings (SSSR count). The highest BCUT2D eigenvalue weighted by Gasteiger charge is 2.31. The van der Waals surface area contributed by atoms with Gasteiger partial charge in [0.25, 0.3) is 63.2 Å². The zero-order chi connectivity index (χ0) is 106. The number of nitro groups is 5. The van der Waals surface area contributed by atoms with Crippen LogP contribution in [0.2, 0.25) is 0 Å². The number of hydrogen-bond acceptors (Lipinski definition) is 24. The lowest BCUT2D eigenvalue weighted by molar-refractivity contribution is -0.385. The van der Waals surface area contributed by atoms with Crippen molar-refractivity contribution in [3.8, 4) is 0 Å². The number of halogens is 3. The molecule has 3 saturated heterocycles. The Morgan fingerprint density at radius 1 is 0.313 bits per heavy atom. The normalized spacial score (nSPS) is 13.5. The number of benzene rings is 11. The van der Waals surface area contributed by atoms with E-state index < -0.39 is 21.2 Å². The predicted molar refractivity (Wildman–Crippen MR) is 591 cm³/mol. The SMILES string of the molecule is C.CCN(CC)C(=O)c1ccc(C(O)c2cccc([N+](=O)[O-])c2)cc1.CCN(CC)C(=O)c1ccc(C(c2cccc([N+](=O)[O-])c2)N2CCNCC2)cc1.CCN(CC)C(=O)c1ccc(C(c2cccc([N+](=O)[O-])c2)N2CCNCC2)cc1.CCN(CC)C(=O)c1ccc(I)cc1.CCN(CC)C(=O)c1ccc([C@@H](c2cccc([N+](=O)[O-])c2)N2CCNCC2)cc1.O=C(Cl)c1ccc(I)cc1.O=Cc1cccc([N+](=O)[O-])c1. The largest absolute Gasteiger partial charge is 0.384 e. The average Bonchev–Trinajstić information content (AvgIpc) is 0.788. The minimum Gasteiger partial charge on any atom is -0.384 e. The third-order valence-corrected chi connectivity index (χ3v) is 26.3. The first kappa shape index (κ1) is 121. The van der Waals surface area contributed by atoms with Gasteiger partial charge in [0.1, 0.15) is 12.4 Å². The predicted octanol–water partition coefficient (Wildman–Crippen LogP) is 19.9.